The predicted octanol–water partition coefficient (Wildman–Crippen LogP) is 0.191. The summed E-state index contributed by atoms with van der Waals surface area (Å²) < 4.78 is 36.0. The van der Waals surface area contributed by atoms with Gasteiger partial charge in [-0.25, -0.2) is 0 Å². The van der Waals surface area contributed by atoms with Crippen LogP contribution in [0, 0.1) is 0 Å². The van der Waals surface area contributed by atoms with Crippen molar-refractivity contribution in [1.29, 1.82) is 0 Å². The van der Waals surface area contributed by atoms with Crippen molar-refractivity contribution >= 4 is 58.6 Å². The Bertz CT molecular complexity index is 1850. The lowest BCUT2D eigenvalue weighted by Crippen LogP contribution is -2.51. The Labute approximate surface area is 400 Å². The van der Waals surface area contributed by atoms with Gasteiger partial charge in [0.1, 0.15) is 13.2 Å². The van der Waals surface area contributed by atoms with Crippen molar-refractivity contribution in [3.05, 3.63) is 48.0 Å². The van der Waals surface area contributed by atoms with Crippen molar-refractivity contribution in [2.24, 2.45) is 0 Å². The maximum Gasteiger partial charge on any atom is 0.317 e. The van der Waals surface area contributed by atoms with Crippen molar-refractivity contribution in [3.8, 4) is 11.5 Å². The predicted molar refractivity (Wildman–Crippen MR) is 250 cm³/mol. The molecule has 23 nitrogen and oxygen atoms in total. The third kappa shape index (κ3) is 23.1. The molecular formula is C44H65N7O16S. The lowest BCUT2D eigenvalue weighted by molar-refractivity contribution is -0.144. The summed E-state index contributed by atoms with van der Waals surface area (Å²) in [6, 6.07) is 11.5. The molecule has 1 fully saturated rings. The fourth-order valence-corrected chi connectivity index (χ4v) is 7.58. The van der Waals surface area contributed by atoms with Crippen LogP contribution >= 0.6 is 12.2 Å². The summed E-state index contributed by atoms with van der Waals surface area (Å²) in [7, 11) is 0. The highest BCUT2D eigenvalue weighted by atomic mass is 32.1. The smallest absolute Gasteiger partial charge is 0.317 e. The van der Waals surface area contributed by atoms with Gasteiger partial charge in [-0.3, -0.25) is 48.5 Å². The third-order valence-electron chi connectivity index (χ3n) is 10.6. The van der Waals surface area contributed by atoms with E-state index in [2.05, 4.69) is 20.4 Å². The first-order valence-electron chi connectivity index (χ1n) is 22.3. The number of carboxylic acid groups (broad SMARTS) is 5. The molecule has 5 rings (SSSR count). The van der Waals surface area contributed by atoms with Gasteiger partial charge in [0, 0.05) is 82.4 Å². The fourth-order valence-electron chi connectivity index (χ4n) is 7.34. The number of carboxylic acids is 5. The number of anilines is 2. The molecule has 24 heteroatoms. The van der Waals surface area contributed by atoms with Gasteiger partial charge < -0.3 is 64.6 Å². The highest BCUT2D eigenvalue weighted by Crippen LogP contribution is 2.31. The van der Waals surface area contributed by atoms with E-state index >= 15 is 0 Å². The van der Waals surface area contributed by atoms with Crippen LogP contribution in [0.25, 0.3) is 0 Å². The summed E-state index contributed by atoms with van der Waals surface area (Å²) >= 11 is 5.67. The normalized spacial score (nSPS) is 18.6. The zero-order valence-electron chi connectivity index (χ0n) is 38.2. The molecule has 2 bridgehead atoms. The Morgan fingerprint density at radius 2 is 0.941 bits per heavy atom. The largest absolute Gasteiger partial charge is 0.488 e. The second kappa shape index (κ2) is 31.0. The second-order valence-corrected chi connectivity index (χ2v) is 16.4. The standard InChI is InChI=1S/C44H65N7O16S/c52-39(53)28-49(7-8-50(29-40(54)55)30-41(56)57)27-36(51(31-42(58)59)32-43(60)61)25-33-1-3-34(4-2-33)45-44(68)46-35-5-6-37-38(26-35)67-20-14-48-11-17-64-23-21-62-15-9-47(13-19-66-37)10-16-63-22-24-65-18-12-48/h1-6,26,36H,7-25,27-32H2,(H,52,53)(H,54,55)(H,56,57)(H,58,59)(H,60,61)(H2,45,46,68). The fraction of sp³-hybridized carbons (Fsp3) is 0.591. The molecule has 3 aliphatic heterocycles. The van der Waals surface area contributed by atoms with Crippen LogP contribution in [0.4, 0.5) is 11.4 Å². The average molecular weight is 980 g/mol. The minimum Gasteiger partial charge on any atom is -0.488 e. The maximum atomic E-state index is 11.9. The van der Waals surface area contributed by atoms with E-state index in [-0.39, 0.29) is 31.2 Å². The van der Waals surface area contributed by atoms with Gasteiger partial charge in [0.2, 0.25) is 0 Å². The van der Waals surface area contributed by atoms with E-state index < -0.39 is 68.6 Å². The van der Waals surface area contributed by atoms with E-state index in [1.165, 1.54) is 9.80 Å². The zero-order valence-corrected chi connectivity index (χ0v) is 39.0. The van der Waals surface area contributed by atoms with Crippen LogP contribution in [0.5, 0.6) is 11.5 Å². The van der Waals surface area contributed by atoms with Crippen molar-refractivity contribution in [1.82, 2.24) is 24.5 Å². The number of hydrogen-bond acceptors (Lipinski definition) is 17. The maximum absolute atomic E-state index is 11.9. The van der Waals surface area contributed by atoms with Gasteiger partial charge in [-0.15, -0.1) is 0 Å². The van der Waals surface area contributed by atoms with Crippen molar-refractivity contribution in [2.45, 2.75) is 12.5 Å². The Morgan fingerprint density at radius 1 is 0.529 bits per heavy atom. The molecule has 3 heterocycles. The van der Waals surface area contributed by atoms with Crippen LogP contribution < -0.4 is 20.1 Å². The first kappa shape index (κ1) is 55.3. The quantitative estimate of drug-likeness (QED) is 0.0872. The number of hydrogen-bond donors (Lipinski definition) is 7. The number of carbonyl (C=O) groups is 5. The lowest BCUT2D eigenvalue weighted by Gasteiger charge is -2.34. The number of nitrogens with one attached hydrogen (secondary N) is 2. The van der Waals surface area contributed by atoms with Crippen LogP contribution in [0.2, 0.25) is 0 Å². The third-order valence-corrected chi connectivity index (χ3v) is 10.8. The Kier molecular flexibility index (Phi) is 25.2. The molecule has 2 aromatic rings. The Hall–Kier alpha value is -5.28. The zero-order chi connectivity index (χ0) is 49.1. The van der Waals surface area contributed by atoms with Gasteiger partial charge in [-0.1, -0.05) is 12.1 Å². The van der Waals surface area contributed by atoms with Crippen molar-refractivity contribution in [2.75, 3.05) is 168 Å². The number of ether oxygens (including phenoxy) is 6. The molecule has 0 aromatic heterocycles. The van der Waals surface area contributed by atoms with Crippen molar-refractivity contribution in [3.63, 3.8) is 0 Å². The number of fused-ring (bicyclic) bond motifs is 18. The van der Waals surface area contributed by atoms with E-state index in [1.807, 2.05) is 18.2 Å². The SMILES string of the molecule is O=C(O)CN(CCN(CC(=O)O)CC(Cc1ccc(NC(=S)Nc2ccc3c(c2)OCCN2CCOCCOCCN(CCOCCOCC2)CCO3)cc1)N(CC(=O)O)CC(=O)O)CC(=O)O. The summed E-state index contributed by atoms with van der Waals surface area (Å²) in [5.74, 6) is -5.34. The van der Waals surface area contributed by atoms with E-state index in [1.54, 1.807) is 24.3 Å². The molecule has 3 aliphatic rings. The molecule has 378 valence electrons. The van der Waals surface area contributed by atoms with E-state index in [9.17, 15) is 49.5 Å². The van der Waals surface area contributed by atoms with Gasteiger partial charge >= 0.3 is 29.8 Å². The van der Waals surface area contributed by atoms with Crippen molar-refractivity contribution < 1.29 is 77.9 Å². The summed E-state index contributed by atoms with van der Waals surface area (Å²) in [4.78, 5) is 66.5. The van der Waals surface area contributed by atoms with Gasteiger partial charge in [-0.05, 0) is 48.5 Å². The molecule has 0 radical (unpaired) electrons. The molecule has 68 heavy (non-hydrogen) atoms. The van der Waals surface area contributed by atoms with Gasteiger partial charge in [0.15, 0.2) is 16.6 Å². The second-order valence-electron chi connectivity index (χ2n) is 15.9. The molecule has 1 saturated heterocycles. The Morgan fingerprint density at radius 3 is 1.43 bits per heavy atom. The number of aliphatic carboxylic acids is 5. The number of benzene rings is 2. The minimum absolute atomic E-state index is 0.0883. The Balaban J connectivity index is 1.47. The molecule has 0 aliphatic carbocycles. The molecule has 0 amide bonds. The summed E-state index contributed by atoms with van der Waals surface area (Å²) in [6.45, 7) is 5.34. The van der Waals surface area contributed by atoms with Crippen LogP contribution in [0.15, 0.2) is 42.5 Å². The number of rotatable bonds is 20. The van der Waals surface area contributed by atoms with Crippen LogP contribution in [-0.2, 0) is 49.3 Å². The molecule has 2 aromatic carbocycles. The molecule has 7 N–H and O–H groups in total. The van der Waals surface area contributed by atoms with Gasteiger partial charge in [0.25, 0.3) is 0 Å². The highest BCUT2D eigenvalue weighted by molar-refractivity contribution is 7.80. The van der Waals surface area contributed by atoms with E-state index in [4.69, 9.17) is 40.6 Å². The topological polar surface area (TPSA) is 282 Å². The van der Waals surface area contributed by atoms with Gasteiger partial charge in [-0.2, -0.15) is 0 Å². The first-order valence-corrected chi connectivity index (χ1v) is 22.7. The van der Waals surface area contributed by atoms with Crippen LogP contribution in [0.1, 0.15) is 5.56 Å². The molecule has 1 unspecified atom stereocenters. The van der Waals surface area contributed by atoms with Crippen LogP contribution in [-0.4, -0.2) is 249 Å². The van der Waals surface area contributed by atoms with E-state index in [0.717, 1.165) is 4.90 Å². The van der Waals surface area contributed by atoms with Crippen LogP contribution in [0.3, 0.4) is 0 Å². The lowest BCUT2D eigenvalue weighted by atomic mass is 10.0. The van der Waals surface area contributed by atoms with Gasteiger partial charge in [0.05, 0.1) is 85.6 Å². The summed E-state index contributed by atoms with van der Waals surface area (Å²) in [5.41, 5.74) is 1.87. The number of thiocarbonyl (C=S) groups is 1. The molecule has 1 atom stereocenters. The summed E-state index contributed by atoms with van der Waals surface area (Å²) in [6.07, 6.45) is 0.0883. The summed E-state index contributed by atoms with van der Waals surface area (Å²) in [5, 5.41) is 54.2. The number of nitrogens with zero attached hydrogens (tertiary/aromatic N) is 5. The first-order chi connectivity index (χ1) is 32.7. The minimum atomic E-state index is -1.30. The average Bonchev–Trinajstić information content (AvgIpc) is 3.26. The molecular weight excluding hydrogens is 915 g/mol. The molecule has 0 spiro atoms. The highest BCUT2D eigenvalue weighted by Gasteiger charge is 2.27. The molecule has 0 saturated carbocycles. The monoisotopic (exact) mass is 979 g/mol. The van der Waals surface area contributed by atoms with E-state index in [0.29, 0.717) is 134 Å².